The average molecular weight is 294 g/mol. The molecule has 0 spiro atoms. The molecule has 0 saturated carbocycles. The summed E-state index contributed by atoms with van der Waals surface area (Å²) in [4.78, 5) is 12.4. The van der Waals surface area contributed by atoms with Crippen molar-refractivity contribution < 1.29 is 9.52 Å². The normalized spacial score (nSPS) is 12.7. The van der Waals surface area contributed by atoms with Crippen molar-refractivity contribution in [3.63, 3.8) is 0 Å². The first-order valence-electron chi connectivity index (χ1n) is 7.39. The van der Waals surface area contributed by atoms with Gasteiger partial charge in [-0.2, -0.15) is 0 Å². The highest BCUT2D eigenvalue weighted by Gasteiger charge is 2.26. The maximum absolute atomic E-state index is 12.4. The van der Waals surface area contributed by atoms with Crippen LogP contribution in [0, 0.1) is 5.92 Å². The molecule has 22 heavy (non-hydrogen) atoms. The third kappa shape index (κ3) is 2.39. The van der Waals surface area contributed by atoms with Gasteiger partial charge >= 0.3 is 5.63 Å². The van der Waals surface area contributed by atoms with E-state index in [-0.39, 0.29) is 17.6 Å². The van der Waals surface area contributed by atoms with Crippen LogP contribution in [0.2, 0.25) is 0 Å². The van der Waals surface area contributed by atoms with E-state index in [1.807, 2.05) is 50.2 Å². The second kappa shape index (κ2) is 5.68. The monoisotopic (exact) mass is 294 g/mol. The molecule has 0 radical (unpaired) electrons. The predicted molar refractivity (Wildman–Crippen MR) is 87.3 cm³/mol. The fourth-order valence-corrected chi connectivity index (χ4v) is 2.97. The average Bonchev–Trinajstić information content (AvgIpc) is 2.52. The third-order valence-electron chi connectivity index (χ3n) is 3.96. The van der Waals surface area contributed by atoms with Crippen LogP contribution < -0.4 is 5.63 Å². The molecule has 2 aromatic carbocycles. The maximum atomic E-state index is 12.4. The van der Waals surface area contributed by atoms with Crippen LogP contribution in [-0.2, 0) is 0 Å². The molecule has 3 heteroatoms. The Hall–Kier alpha value is -2.55. The Morgan fingerprint density at radius 3 is 2.27 bits per heavy atom. The van der Waals surface area contributed by atoms with Crippen LogP contribution in [0.4, 0.5) is 0 Å². The van der Waals surface area contributed by atoms with E-state index in [9.17, 15) is 9.90 Å². The van der Waals surface area contributed by atoms with Gasteiger partial charge < -0.3 is 9.52 Å². The van der Waals surface area contributed by atoms with Gasteiger partial charge in [0.2, 0.25) is 0 Å². The predicted octanol–water partition coefficient (Wildman–Crippen LogP) is 4.29. The Bertz CT molecular complexity index is 847. The van der Waals surface area contributed by atoms with Crippen LogP contribution in [0.15, 0.2) is 63.8 Å². The lowest BCUT2D eigenvalue weighted by molar-refractivity contribution is 0.435. The van der Waals surface area contributed by atoms with Crippen molar-refractivity contribution in [1.29, 1.82) is 0 Å². The van der Waals surface area contributed by atoms with Crippen LogP contribution in [-0.4, -0.2) is 5.11 Å². The lowest BCUT2D eigenvalue weighted by Gasteiger charge is -2.22. The number of hydrogen-bond donors (Lipinski definition) is 1. The number of hydrogen-bond acceptors (Lipinski definition) is 3. The molecule has 0 aliphatic carbocycles. The SMILES string of the molecule is CC(C)C(c1ccccc1)c1c(O)c2ccccc2oc1=O. The Balaban J connectivity index is 2.29. The molecule has 3 nitrogen and oxygen atoms in total. The van der Waals surface area contributed by atoms with Crippen LogP contribution in [0.5, 0.6) is 5.75 Å². The Kier molecular flexibility index (Phi) is 3.72. The number of rotatable bonds is 3. The summed E-state index contributed by atoms with van der Waals surface area (Å²) in [7, 11) is 0. The molecule has 0 amide bonds. The molecule has 1 atom stereocenters. The maximum Gasteiger partial charge on any atom is 0.343 e. The summed E-state index contributed by atoms with van der Waals surface area (Å²) in [5.74, 6) is -0.0335. The van der Waals surface area contributed by atoms with Gasteiger partial charge in [-0.3, -0.25) is 0 Å². The molecular weight excluding hydrogens is 276 g/mol. The smallest absolute Gasteiger partial charge is 0.343 e. The van der Waals surface area contributed by atoms with Crippen LogP contribution in [0.3, 0.4) is 0 Å². The minimum Gasteiger partial charge on any atom is -0.507 e. The number of benzene rings is 2. The topological polar surface area (TPSA) is 50.4 Å². The van der Waals surface area contributed by atoms with Crippen LogP contribution in [0.1, 0.15) is 30.9 Å². The van der Waals surface area contributed by atoms with Gasteiger partial charge in [-0.05, 0) is 23.6 Å². The summed E-state index contributed by atoms with van der Waals surface area (Å²) in [6, 6.07) is 16.8. The molecular formula is C19H18O3. The Morgan fingerprint density at radius 1 is 0.955 bits per heavy atom. The fraction of sp³-hybridized carbons (Fsp3) is 0.211. The zero-order valence-corrected chi connectivity index (χ0v) is 12.6. The summed E-state index contributed by atoms with van der Waals surface area (Å²) in [6.45, 7) is 4.07. The molecule has 0 aliphatic rings. The van der Waals surface area contributed by atoms with E-state index in [4.69, 9.17) is 4.42 Å². The molecule has 0 bridgehead atoms. The van der Waals surface area contributed by atoms with Gasteiger partial charge in [0.15, 0.2) is 0 Å². The lowest BCUT2D eigenvalue weighted by atomic mass is 9.82. The molecule has 112 valence electrons. The quantitative estimate of drug-likeness (QED) is 0.733. The highest BCUT2D eigenvalue weighted by molar-refractivity contribution is 5.84. The largest absolute Gasteiger partial charge is 0.507 e. The third-order valence-corrected chi connectivity index (χ3v) is 3.96. The first kappa shape index (κ1) is 14.4. The standard InChI is InChI=1S/C19H18O3/c1-12(2)16(13-8-4-3-5-9-13)17-18(20)14-10-6-7-11-15(14)22-19(17)21/h3-12,16,20H,1-2H3. The van der Waals surface area contributed by atoms with Crippen molar-refractivity contribution in [3.8, 4) is 5.75 Å². The molecule has 3 rings (SSSR count). The van der Waals surface area contributed by atoms with E-state index in [1.165, 1.54) is 0 Å². The number of para-hydroxylation sites is 1. The molecule has 3 aromatic rings. The first-order valence-corrected chi connectivity index (χ1v) is 7.39. The van der Waals surface area contributed by atoms with Crippen molar-refractivity contribution in [1.82, 2.24) is 0 Å². The fourth-order valence-electron chi connectivity index (χ4n) is 2.97. The van der Waals surface area contributed by atoms with E-state index in [2.05, 4.69) is 0 Å². The van der Waals surface area contributed by atoms with E-state index in [0.29, 0.717) is 16.5 Å². The minimum atomic E-state index is -0.473. The second-order valence-electron chi connectivity index (χ2n) is 5.78. The zero-order chi connectivity index (χ0) is 15.7. The summed E-state index contributed by atoms with van der Waals surface area (Å²) >= 11 is 0. The van der Waals surface area contributed by atoms with Crippen molar-refractivity contribution in [2.24, 2.45) is 5.92 Å². The van der Waals surface area contributed by atoms with Crippen LogP contribution >= 0.6 is 0 Å². The lowest BCUT2D eigenvalue weighted by Crippen LogP contribution is -2.18. The van der Waals surface area contributed by atoms with Crippen molar-refractivity contribution >= 4 is 11.0 Å². The van der Waals surface area contributed by atoms with Gasteiger partial charge in [0, 0.05) is 5.92 Å². The summed E-state index contributed by atoms with van der Waals surface area (Å²) < 4.78 is 5.41. The summed E-state index contributed by atoms with van der Waals surface area (Å²) in [5, 5.41) is 11.2. The van der Waals surface area contributed by atoms with Gasteiger partial charge in [-0.15, -0.1) is 0 Å². The van der Waals surface area contributed by atoms with Gasteiger partial charge in [-0.25, -0.2) is 4.79 Å². The molecule has 1 unspecified atom stereocenters. The second-order valence-corrected chi connectivity index (χ2v) is 5.78. The van der Waals surface area contributed by atoms with E-state index >= 15 is 0 Å². The Labute approximate surface area is 128 Å². The molecule has 1 heterocycles. The number of aromatic hydroxyl groups is 1. The van der Waals surface area contributed by atoms with E-state index in [1.54, 1.807) is 18.2 Å². The summed E-state index contributed by atoms with van der Waals surface area (Å²) in [6.07, 6.45) is 0. The van der Waals surface area contributed by atoms with Gasteiger partial charge in [0.1, 0.15) is 11.3 Å². The Morgan fingerprint density at radius 2 is 1.59 bits per heavy atom. The van der Waals surface area contributed by atoms with E-state index < -0.39 is 5.63 Å². The van der Waals surface area contributed by atoms with Crippen LogP contribution in [0.25, 0.3) is 11.0 Å². The minimum absolute atomic E-state index is 0.0226. The molecule has 0 saturated heterocycles. The first-order chi connectivity index (χ1) is 10.6. The summed E-state index contributed by atoms with van der Waals surface area (Å²) in [5.41, 5.74) is 1.26. The molecule has 0 fully saturated rings. The van der Waals surface area contributed by atoms with Crippen molar-refractivity contribution in [2.75, 3.05) is 0 Å². The van der Waals surface area contributed by atoms with Gasteiger partial charge in [-0.1, -0.05) is 56.3 Å². The zero-order valence-electron chi connectivity index (χ0n) is 12.6. The van der Waals surface area contributed by atoms with Crippen molar-refractivity contribution in [3.05, 3.63) is 76.1 Å². The highest BCUT2D eigenvalue weighted by Crippen LogP contribution is 2.37. The van der Waals surface area contributed by atoms with E-state index in [0.717, 1.165) is 5.56 Å². The highest BCUT2D eigenvalue weighted by atomic mass is 16.4. The molecule has 0 aliphatic heterocycles. The number of fused-ring (bicyclic) bond motifs is 1. The van der Waals surface area contributed by atoms with Gasteiger partial charge in [0.05, 0.1) is 10.9 Å². The van der Waals surface area contributed by atoms with Crippen molar-refractivity contribution in [2.45, 2.75) is 19.8 Å². The van der Waals surface area contributed by atoms with Gasteiger partial charge in [0.25, 0.3) is 0 Å². The molecule has 1 N–H and O–H groups in total. The molecule has 1 aromatic heterocycles.